The van der Waals surface area contributed by atoms with Crippen molar-refractivity contribution in [2.75, 3.05) is 38.1 Å². The molecule has 2 aromatic rings. The molecule has 1 saturated heterocycles. The lowest BCUT2D eigenvalue weighted by Gasteiger charge is -2.34. The predicted octanol–water partition coefficient (Wildman–Crippen LogP) is 4.11. The lowest BCUT2D eigenvalue weighted by Crippen LogP contribution is -2.51. The number of nitrogens with zero attached hydrogens (tertiary/aromatic N) is 2. The quantitative estimate of drug-likeness (QED) is 0.698. The Morgan fingerprint density at radius 2 is 1.91 bits per heavy atom. The summed E-state index contributed by atoms with van der Waals surface area (Å²) >= 11 is 0. The first-order valence-electron chi connectivity index (χ1n) is 11.5. The number of rotatable bonds is 5. The van der Waals surface area contributed by atoms with Crippen LogP contribution in [0.5, 0.6) is 11.5 Å². The molecule has 1 atom stereocenters. The molecule has 0 saturated carbocycles. The summed E-state index contributed by atoms with van der Waals surface area (Å²) in [5.41, 5.74) is 3.83. The van der Waals surface area contributed by atoms with Gasteiger partial charge < -0.3 is 24.6 Å². The predicted molar refractivity (Wildman–Crippen MR) is 129 cm³/mol. The van der Waals surface area contributed by atoms with E-state index in [1.54, 1.807) is 22.0 Å². The van der Waals surface area contributed by atoms with Crippen molar-refractivity contribution in [3.63, 3.8) is 0 Å². The number of carbonyl (C=O) groups is 2. The van der Waals surface area contributed by atoms with E-state index in [1.807, 2.05) is 57.2 Å². The summed E-state index contributed by atoms with van der Waals surface area (Å²) in [5.74, 6) is 1.54. The number of aryl methyl sites for hydroxylation is 1. The molecule has 174 valence electrons. The molecule has 2 aliphatic heterocycles. The van der Waals surface area contributed by atoms with Crippen LogP contribution >= 0.6 is 0 Å². The standard InChI is InChI=1S/C26H31N3O4/c1-4-32-23-17-21-15-19(3)33-24(21)16-20(23)8-9-25(30)28-10-12-29(13-11-28)26(31)27-22-7-5-6-18(2)14-22/h5-9,14,16-17,19H,4,10-13,15H2,1-3H3,(H,27,31)/b9-8+. The van der Waals surface area contributed by atoms with Gasteiger partial charge in [0.1, 0.15) is 17.6 Å². The van der Waals surface area contributed by atoms with Gasteiger partial charge in [0, 0.05) is 55.5 Å². The van der Waals surface area contributed by atoms with E-state index in [9.17, 15) is 9.59 Å². The summed E-state index contributed by atoms with van der Waals surface area (Å²) in [6, 6.07) is 11.5. The summed E-state index contributed by atoms with van der Waals surface area (Å²) in [4.78, 5) is 28.8. The molecular formula is C26H31N3O4. The number of ether oxygens (including phenoxy) is 2. The molecule has 4 rings (SSSR count). The number of piperazine rings is 1. The van der Waals surface area contributed by atoms with Crippen molar-refractivity contribution < 1.29 is 19.1 Å². The summed E-state index contributed by atoms with van der Waals surface area (Å²) < 4.78 is 11.6. The van der Waals surface area contributed by atoms with Gasteiger partial charge >= 0.3 is 6.03 Å². The lowest BCUT2D eigenvalue weighted by molar-refractivity contribution is -0.127. The topological polar surface area (TPSA) is 71.1 Å². The molecule has 2 heterocycles. The molecule has 0 bridgehead atoms. The van der Waals surface area contributed by atoms with Gasteiger partial charge in [-0.1, -0.05) is 12.1 Å². The van der Waals surface area contributed by atoms with Crippen LogP contribution < -0.4 is 14.8 Å². The summed E-state index contributed by atoms with van der Waals surface area (Å²) in [7, 11) is 0. The fraction of sp³-hybridized carbons (Fsp3) is 0.385. The third-order valence-corrected chi connectivity index (χ3v) is 5.88. The van der Waals surface area contributed by atoms with Gasteiger partial charge in [-0.15, -0.1) is 0 Å². The van der Waals surface area contributed by atoms with E-state index in [1.165, 1.54) is 0 Å². The summed E-state index contributed by atoms with van der Waals surface area (Å²) in [5, 5.41) is 2.93. The number of hydrogen-bond acceptors (Lipinski definition) is 4. The zero-order valence-electron chi connectivity index (χ0n) is 19.5. The van der Waals surface area contributed by atoms with Crippen LogP contribution in [0.4, 0.5) is 10.5 Å². The van der Waals surface area contributed by atoms with E-state index in [0.717, 1.165) is 40.3 Å². The van der Waals surface area contributed by atoms with Gasteiger partial charge in [0.15, 0.2) is 0 Å². The first-order chi connectivity index (χ1) is 15.9. The molecule has 0 aromatic heterocycles. The average molecular weight is 450 g/mol. The Labute approximate surface area is 195 Å². The minimum Gasteiger partial charge on any atom is -0.493 e. The monoisotopic (exact) mass is 449 g/mol. The van der Waals surface area contributed by atoms with Crippen LogP contribution in [-0.4, -0.2) is 60.6 Å². The maximum atomic E-state index is 12.8. The van der Waals surface area contributed by atoms with Crippen LogP contribution in [0.25, 0.3) is 6.08 Å². The fourth-order valence-corrected chi connectivity index (χ4v) is 4.19. The number of hydrogen-bond donors (Lipinski definition) is 1. The molecule has 2 aliphatic rings. The minimum atomic E-state index is -0.142. The molecule has 0 aliphatic carbocycles. The van der Waals surface area contributed by atoms with Crippen LogP contribution in [0, 0.1) is 6.92 Å². The highest BCUT2D eigenvalue weighted by Crippen LogP contribution is 2.35. The van der Waals surface area contributed by atoms with Gasteiger partial charge in [-0.3, -0.25) is 4.79 Å². The lowest BCUT2D eigenvalue weighted by atomic mass is 10.1. The maximum Gasteiger partial charge on any atom is 0.321 e. The Bertz CT molecular complexity index is 1060. The number of anilines is 1. The van der Waals surface area contributed by atoms with Gasteiger partial charge in [0.05, 0.1) is 6.61 Å². The number of benzene rings is 2. The number of fused-ring (bicyclic) bond motifs is 1. The Balaban J connectivity index is 1.35. The van der Waals surface area contributed by atoms with E-state index >= 15 is 0 Å². The Kier molecular flexibility index (Phi) is 6.87. The molecule has 7 nitrogen and oxygen atoms in total. The molecule has 2 aromatic carbocycles. The number of carbonyl (C=O) groups excluding carboxylic acids is 2. The fourth-order valence-electron chi connectivity index (χ4n) is 4.19. The average Bonchev–Trinajstić information content (AvgIpc) is 3.16. The van der Waals surface area contributed by atoms with Crippen molar-refractivity contribution in [1.29, 1.82) is 0 Å². The highest BCUT2D eigenvalue weighted by molar-refractivity contribution is 5.93. The Morgan fingerprint density at radius 1 is 1.15 bits per heavy atom. The van der Waals surface area contributed by atoms with Gasteiger partial charge in [0.25, 0.3) is 0 Å². The highest BCUT2D eigenvalue weighted by Gasteiger charge is 2.24. The largest absolute Gasteiger partial charge is 0.493 e. The summed E-state index contributed by atoms with van der Waals surface area (Å²) in [6.07, 6.45) is 4.37. The van der Waals surface area contributed by atoms with Crippen LogP contribution in [0.2, 0.25) is 0 Å². The molecule has 1 unspecified atom stereocenters. The van der Waals surface area contributed by atoms with Crippen molar-refractivity contribution in [2.24, 2.45) is 0 Å². The van der Waals surface area contributed by atoms with Gasteiger partial charge in [-0.25, -0.2) is 4.79 Å². The molecule has 7 heteroatoms. The second kappa shape index (κ2) is 9.98. The Hall–Kier alpha value is -3.48. The molecule has 33 heavy (non-hydrogen) atoms. The SMILES string of the molecule is CCOc1cc2c(cc1/C=C/C(=O)N1CCN(C(=O)Nc3cccc(C)c3)CC1)OC(C)C2. The minimum absolute atomic E-state index is 0.0778. The molecule has 3 amide bonds. The zero-order valence-corrected chi connectivity index (χ0v) is 19.5. The maximum absolute atomic E-state index is 12.8. The van der Waals surface area contributed by atoms with Gasteiger partial charge in [-0.2, -0.15) is 0 Å². The summed E-state index contributed by atoms with van der Waals surface area (Å²) in [6.45, 7) is 8.50. The molecule has 0 radical (unpaired) electrons. The zero-order chi connectivity index (χ0) is 23.4. The highest BCUT2D eigenvalue weighted by atomic mass is 16.5. The van der Waals surface area contributed by atoms with Crippen molar-refractivity contribution in [3.05, 3.63) is 59.2 Å². The van der Waals surface area contributed by atoms with E-state index < -0.39 is 0 Å². The van der Waals surface area contributed by atoms with Crippen molar-refractivity contribution in [2.45, 2.75) is 33.3 Å². The third-order valence-electron chi connectivity index (χ3n) is 5.88. The second-order valence-corrected chi connectivity index (χ2v) is 8.51. The van der Waals surface area contributed by atoms with E-state index in [2.05, 4.69) is 5.32 Å². The van der Waals surface area contributed by atoms with E-state index in [-0.39, 0.29) is 18.0 Å². The van der Waals surface area contributed by atoms with Crippen LogP contribution in [0.15, 0.2) is 42.5 Å². The van der Waals surface area contributed by atoms with Crippen molar-refractivity contribution >= 4 is 23.7 Å². The van der Waals surface area contributed by atoms with Crippen LogP contribution in [0.1, 0.15) is 30.5 Å². The van der Waals surface area contributed by atoms with Gasteiger partial charge in [0.2, 0.25) is 5.91 Å². The number of amides is 3. The molecule has 1 N–H and O–H groups in total. The van der Waals surface area contributed by atoms with Gasteiger partial charge in [-0.05, 0) is 56.7 Å². The second-order valence-electron chi connectivity index (χ2n) is 8.51. The molecule has 0 spiro atoms. The van der Waals surface area contributed by atoms with Crippen molar-refractivity contribution in [3.8, 4) is 11.5 Å². The van der Waals surface area contributed by atoms with Crippen LogP contribution in [0.3, 0.4) is 0 Å². The van der Waals surface area contributed by atoms with E-state index in [4.69, 9.17) is 9.47 Å². The first-order valence-corrected chi connectivity index (χ1v) is 11.5. The van der Waals surface area contributed by atoms with Crippen molar-refractivity contribution in [1.82, 2.24) is 9.80 Å². The smallest absolute Gasteiger partial charge is 0.321 e. The molecule has 1 fully saturated rings. The normalized spacial score (nSPS) is 17.6. The van der Waals surface area contributed by atoms with E-state index in [0.29, 0.717) is 32.8 Å². The third kappa shape index (κ3) is 5.48. The number of urea groups is 1. The number of nitrogens with one attached hydrogen (secondary N) is 1. The molecular weight excluding hydrogens is 418 g/mol. The Morgan fingerprint density at radius 3 is 2.64 bits per heavy atom. The first kappa shape index (κ1) is 22.7. The van der Waals surface area contributed by atoms with Crippen LogP contribution in [-0.2, 0) is 11.2 Å².